The van der Waals surface area contributed by atoms with Crippen LogP contribution in [0.25, 0.3) is 0 Å². The molecule has 0 aliphatic heterocycles. The van der Waals surface area contributed by atoms with Gasteiger partial charge in [-0.25, -0.2) is 0 Å². The SMILES string of the molecule is CSc1cccc(N)c1Cl. The zero-order valence-corrected chi connectivity index (χ0v) is 7.17. The molecule has 3 heteroatoms. The van der Waals surface area contributed by atoms with Crippen LogP contribution in [0.15, 0.2) is 23.1 Å². The molecule has 0 atom stereocenters. The standard InChI is InChI=1S/C7H8ClNS/c1-10-6-4-2-3-5(9)7(6)8/h2-4H,9H2,1H3. The van der Waals surface area contributed by atoms with Crippen LogP contribution in [0, 0.1) is 0 Å². The van der Waals surface area contributed by atoms with Gasteiger partial charge in [-0.3, -0.25) is 0 Å². The Labute approximate surface area is 69.6 Å². The molecule has 2 N–H and O–H groups in total. The molecule has 0 heterocycles. The molecule has 0 bridgehead atoms. The fourth-order valence-corrected chi connectivity index (χ4v) is 1.55. The Morgan fingerprint density at radius 3 is 2.70 bits per heavy atom. The van der Waals surface area contributed by atoms with Gasteiger partial charge in [-0.1, -0.05) is 17.7 Å². The van der Waals surface area contributed by atoms with Crippen molar-refractivity contribution in [2.24, 2.45) is 0 Å². The molecule has 0 aliphatic carbocycles. The van der Waals surface area contributed by atoms with Crippen molar-refractivity contribution in [3.63, 3.8) is 0 Å². The van der Waals surface area contributed by atoms with E-state index in [-0.39, 0.29) is 0 Å². The second kappa shape index (κ2) is 3.17. The minimum atomic E-state index is 0.647. The molecule has 0 unspecified atom stereocenters. The maximum Gasteiger partial charge on any atom is 0.0770 e. The molecular formula is C7H8ClNS. The second-order valence-corrected chi connectivity index (χ2v) is 3.09. The normalized spacial score (nSPS) is 9.80. The summed E-state index contributed by atoms with van der Waals surface area (Å²) in [5.74, 6) is 0. The number of thioether (sulfide) groups is 1. The Hall–Kier alpha value is -0.340. The average Bonchev–Trinajstić information content (AvgIpc) is 1.95. The summed E-state index contributed by atoms with van der Waals surface area (Å²) in [5, 5.41) is 0.662. The van der Waals surface area contributed by atoms with Gasteiger partial charge in [0.2, 0.25) is 0 Å². The van der Waals surface area contributed by atoms with Crippen LogP contribution in [0.5, 0.6) is 0 Å². The van der Waals surface area contributed by atoms with E-state index >= 15 is 0 Å². The van der Waals surface area contributed by atoms with Crippen LogP contribution >= 0.6 is 23.4 Å². The van der Waals surface area contributed by atoms with Gasteiger partial charge in [-0.15, -0.1) is 11.8 Å². The number of nitrogens with two attached hydrogens (primary N) is 1. The largest absolute Gasteiger partial charge is 0.397 e. The van der Waals surface area contributed by atoms with E-state index < -0.39 is 0 Å². The molecule has 0 aromatic heterocycles. The van der Waals surface area contributed by atoms with E-state index in [1.807, 2.05) is 18.4 Å². The molecule has 0 radical (unpaired) electrons. The monoisotopic (exact) mass is 173 g/mol. The summed E-state index contributed by atoms with van der Waals surface area (Å²) < 4.78 is 0. The smallest absolute Gasteiger partial charge is 0.0770 e. The summed E-state index contributed by atoms with van der Waals surface area (Å²) >= 11 is 7.45. The van der Waals surface area contributed by atoms with Gasteiger partial charge in [0.05, 0.1) is 10.7 Å². The first kappa shape index (κ1) is 7.76. The summed E-state index contributed by atoms with van der Waals surface area (Å²) in [5.41, 5.74) is 6.20. The summed E-state index contributed by atoms with van der Waals surface area (Å²) in [6.07, 6.45) is 1.97. The predicted octanol–water partition coefficient (Wildman–Crippen LogP) is 2.64. The number of hydrogen-bond donors (Lipinski definition) is 1. The lowest BCUT2D eigenvalue weighted by Crippen LogP contribution is -1.86. The van der Waals surface area contributed by atoms with Crippen molar-refractivity contribution >= 4 is 29.1 Å². The van der Waals surface area contributed by atoms with E-state index in [0.717, 1.165) is 4.90 Å². The maximum atomic E-state index is 5.85. The summed E-state index contributed by atoms with van der Waals surface area (Å²) in [6.45, 7) is 0. The summed E-state index contributed by atoms with van der Waals surface area (Å²) in [6, 6.07) is 5.64. The number of hydrogen-bond acceptors (Lipinski definition) is 2. The Balaban J connectivity index is 3.14. The van der Waals surface area contributed by atoms with Crippen LogP contribution in [-0.2, 0) is 0 Å². The number of benzene rings is 1. The lowest BCUT2D eigenvalue weighted by Gasteiger charge is -2.01. The number of nitrogen functional groups attached to an aromatic ring is 1. The van der Waals surface area contributed by atoms with E-state index in [1.54, 1.807) is 17.8 Å². The lowest BCUT2D eigenvalue weighted by atomic mass is 10.3. The first-order valence-electron chi connectivity index (χ1n) is 2.83. The lowest BCUT2D eigenvalue weighted by molar-refractivity contribution is 1.47. The Kier molecular flexibility index (Phi) is 2.46. The van der Waals surface area contributed by atoms with Gasteiger partial charge >= 0.3 is 0 Å². The van der Waals surface area contributed by atoms with E-state index in [1.165, 1.54) is 0 Å². The van der Waals surface area contributed by atoms with Gasteiger partial charge < -0.3 is 5.73 Å². The molecule has 0 saturated heterocycles. The Bertz CT molecular complexity index is 237. The highest BCUT2D eigenvalue weighted by Crippen LogP contribution is 2.29. The molecule has 1 nitrogen and oxygen atoms in total. The third kappa shape index (κ3) is 1.39. The highest BCUT2D eigenvalue weighted by Gasteiger charge is 1.99. The number of halogens is 1. The zero-order chi connectivity index (χ0) is 7.56. The number of rotatable bonds is 1. The molecule has 0 fully saturated rings. The van der Waals surface area contributed by atoms with Crippen LogP contribution in [0.1, 0.15) is 0 Å². The quantitative estimate of drug-likeness (QED) is 0.522. The molecule has 0 saturated carbocycles. The van der Waals surface area contributed by atoms with E-state index in [0.29, 0.717) is 10.7 Å². The Morgan fingerprint density at radius 1 is 1.50 bits per heavy atom. The molecule has 54 valence electrons. The minimum absolute atomic E-state index is 0.647. The van der Waals surface area contributed by atoms with Crippen molar-refractivity contribution in [1.82, 2.24) is 0 Å². The van der Waals surface area contributed by atoms with Crippen LogP contribution < -0.4 is 5.73 Å². The van der Waals surface area contributed by atoms with E-state index in [9.17, 15) is 0 Å². The van der Waals surface area contributed by atoms with Gasteiger partial charge in [0.15, 0.2) is 0 Å². The van der Waals surface area contributed by atoms with E-state index in [4.69, 9.17) is 17.3 Å². The molecule has 10 heavy (non-hydrogen) atoms. The van der Waals surface area contributed by atoms with E-state index in [2.05, 4.69) is 0 Å². The van der Waals surface area contributed by atoms with Gasteiger partial charge in [-0.05, 0) is 18.4 Å². The minimum Gasteiger partial charge on any atom is -0.397 e. The van der Waals surface area contributed by atoms with Crippen LogP contribution in [-0.4, -0.2) is 6.26 Å². The molecule has 1 rings (SSSR count). The van der Waals surface area contributed by atoms with Crippen LogP contribution in [0.4, 0.5) is 5.69 Å². The van der Waals surface area contributed by atoms with Gasteiger partial charge in [0.1, 0.15) is 0 Å². The fourth-order valence-electron chi connectivity index (χ4n) is 0.685. The number of anilines is 1. The first-order valence-corrected chi connectivity index (χ1v) is 4.44. The topological polar surface area (TPSA) is 26.0 Å². The van der Waals surface area contributed by atoms with Crippen molar-refractivity contribution in [3.8, 4) is 0 Å². The molecule has 0 amide bonds. The second-order valence-electron chi connectivity index (χ2n) is 1.86. The van der Waals surface area contributed by atoms with Crippen molar-refractivity contribution in [2.75, 3.05) is 12.0 Å². The van der Waals surface area contributed by atoms with Crippen LogP contribution in [0.2, 0.25) is 5.02 Å². The highest BCUT2D eigenvalue weighted by molar-refractivity contribution is 7.98. The third-order valence-corrected chi connectivity index (χ3v) is 2.53. The van der Waals surface area contributed by atoms with Crippen LogP contribution in [0.3, 0.4) is 0 Å². The molecular weight excluding hydrogens is 166 g/mol. The molecule has 1 aromatic carbocycles. The molecule has 1 aromatic rings. The van der Waals surface area contributed by atoms with Gasteiger partial charge in [0.25, 0.3) is 0 Å². The van der Waals surface area contributed by atoms with Crippen molar-refractivity contribution in [3.05, 3.63) is 23.2 Å². The maximum absolute atomic E-state index is 5.85. The van der Waals surface area contributed by atoms with Crippen molar-refractivity contribution < 1.29 is 0 Å². The predicted molar refractivity (Wildman–Crippen MR) is 47.6 cm³/mol. The van der Waals surface area contributed by atoms with Gasteiger partial charge in [-0.2, -0.15) is 0 Å². The summed E-state index contributed by atoms with van der Waals surface area (Å²) in [4.78, 5) is 1.03. The van der Waals surface area contributed by atoms with Crippen molar-refractivity contribution in [2.45, 2.75) is 4.90 Å². The fraction of sp³-hybridized carbons (Fsp3) is 0.143. The summed E-state index contributed by atoms with van der Waals surface area (Å²) in [7, 11) is 0. The van der Waals surface area contributed by atoms with Gasteiger partial charge in [0, 0.05) is 4.90 Å². The zero-order valence-electron chi connectivity index (χ0n) is 5.60. The Morgan fingerprint density at radius 2 is 2.20 bits per heavy atom. The average molecular weight is 174 g/mol. The van der Waals surface area contributed by atoms with Crippen molar-refractivity contribution in [1.29, 1.82) is 0 Å². The molecule has 0 aliphatic rings. The highest BCUT2D eigenvalue weighted by atomic mass is 35.5. The third-order valence-electron chi connectivity index (χ3n) is 1.21. The first-order chi connectivity index (χ1) is 4.75. The molecule has 0 spiro atoms.